The molecule has 2 aromatic rings. The maximum Gasteiger partial charge on any atom is 0.323 e. The number of ether oxygens (including phenoxy) is 1. The number of amides is 3. The lowest BCUT2D eigenvalue weighted by atomic mass is 9.97. The highest BCUT2D eigenvalue weighted by Gasteiger charge is 2.22. The molecule has 2 aromatic carbocycles. The first-order valence-electron chi connectivity index (χ1n) is 10.8. The SMILES string of the molecule is COc1ccccc1NC(=O)Nc1ccc(N2CCC(C)CC2)c(C(=O)NC(C)C)c1. The first-order chi connectivity index (χ1) is 14.9. The molecule has 0 saturated carbocycles. The molecule has 7 heteroatoms. The first-order valence-corrected chi connectivity index (χ1v) is 10.8. The number of urea groups is 1. The van der Waals surface area contributed by atoms with Crippen molar-refractivity contribution in [2.75, 3.05) is 35.7 Å². The molecule has 3 amide bonds. The van der Waals surface area contributed by atoms with Crippen molar-refractivity contribution >= 4 is 29.0 Å². The van der Waals surface area contributed by atoms with Crippen LogP contribution in [0.4, 0.5) is 21.9 Å². The lowest BCUT2D eigenvalue weighted by Gasteiger charge is -2.33. The summed E-state index contributed by atoms with van der Waals surface area (Å²) in [6.07, 6.45) is 2.21. The van der Waals surface area contributed by atoms with Gasteiger partial charge in [0.25, 0.3) is 5.91 Å². The van der Waals surface area contributed by atoms with Gasteiger partial charge in [0.1, 0.15) is 5.75 Å². The Labute approximate surface area is 184 Å². The summed E-state index contributed by atoms with van der Waals surface area (Å²) in [6.45, 7) is 7.97. The van der Waals surface area contributed by atoms with Crippen molar-refractivity contribution in [2.24, 2.45) is 5.92 Å². The van der Waals surface area contributed by atoms with Gasteiger partial charge in [-0.05, 0) is 62.9 Å². The van der Waals surface area contributed by atoms with Crippen LogP contribution in [0.15, 0.2) is 42.5 Å². The maximum absolute atomic E-state index is 12.9. The molecule has 0 spiro atoms. The molecule has 31 heavy (non-hydrogen) atoms. The normalized spacial score (nSPS) is 14.3. The van der Waals surface area contributed by atoms with Crippen LogP contribution in [0.1, 0.15) is 44.0 Å². The molecule has 1 saturated heterocycles. The number of para-hydroxylation sites is 2. The summed E-state index contributed by atoms with van der Waals surface area (Å²) in [4.78, 5) is 27.7. The Kier molecular flexibility index (Phi) is 7.39. The van der Waals surface area contributed by atoms with Crippen LogP contribution < -0.4 is 25.6 Å². The maximum atomic E-state index is 12.9. The smallest absolute Gasteiger partial charge is 0.323 e. The monoisotopic (exact) mass is 424 g/mol. The minimum atomic E-state index is -0.403. The van der Waals surface area contributed by atoms with Gasteiger partial charge in [0.15, 0.2) is 0 Å². The van der Waals surface area contributed by atoms with Gasteiger partial charge in [0, 0.05) is 30.5 Å². The average Bonchev–Trinajstić information content (AvgIpc) is 2.74. The van der Waals surface area contributed by atoms with E-state index in [2.05, 4.69) is 27.8 Å². The van der Waals surface area contributed by atoms with Crippen molar-refractivity contribution in [3.8, 4) is 5.75 Å². The number of benzene rings is 2. The van der Waals surface area contributed by atoms with Crippen LogP contribution in [-0.4, -0.2) is 38.2 Å². The Morgan fingerprint density at radius 2 is 1.77 bits per heavy atom. The zero-order chi connectivity index (χ0) is 22.4. The minimum absolute atomic E-state index is 0.0205. The van der Waals surface area contributed by atoms with Crippen molar-refractivity contribution in [3.63, 3.8) is 0 Å². The van der Waals surface area contributed by atoms with Crippen LogP contribution in [0.5, 0.6) is 5.75 Å². The van der Waals surface area contributed by atoms with Gasteiger partial charge in [-0.3, -0.25) is 4.79 Å². The van der Waals surface area contributed by atoms with Gasteiger partial charge in [0.2, 0.25) is 0 Å². The summed E-state index contributed by atoms with van der Waals surface area (Å²) in [7, 11) is 1.55. The summed E-state index contributed by atoms with van der Waals surface area (Å²) in [5, 5.41) is 8.58. The van der Waals surface area contributed by atoms with Gasteiger partial charge in [0.05, 0.1) is 18.4 Å². The van der Waals surface area contributed by atoms with E-state index in [4.69, 9.17) is 4.74 Å². The molecule has 0 radical (unpaired) electrons. The summed E-state index contributed by atoms with van der Waals surface area (Å²) in [5.74, 6) is 1.13. The standard InChI is InChI=1S/C24H32N4O3/c1-16(2)25-23(29)19-15-18(9-10-21(19)28-13-11-17(3)12-14-28)26-24(30)27-20-7-5-6-8-22(20)31-4/h5-10,15-17H,11-14H2,1-4H3,(H,25,29)(H2,26,27,30). The van der Waals surface area contributed by atoms with Gasteiger partial charge >= 0.3 is 6.03 Å². The van der Waals surface area contributed by atoms with E-state index in [9.17, 15) is 9.59 Å². The Morgan fingerprint density at radius 3 is 2.45 bits per heavy atom. The molecule has 0 aliphatic carbocycles. The van der Waals surface area contributed by atoms with E-state index in [1.54, 1.807) is 25.3 Å². The number of nitrogens with one attached hydrogen (secondary N) is 3. The average molecular weight is 425 g/mol. The van der Waals surface area contributed by atoms with Gasteiger partial charge in [-0.1, -0.05) is 19.1 Å². The van der Waals surface area contributed by atoms with Crippen molar-refractivity contribution < 1.29 is 14.3 Å². The number of piperidine rings is 1. The number of carbonyl (C=O) groups excluding carboxylic acids is 2. The van der Waals surface area contributed by atoms with E-state index in [0.29, 0.717) is 28.6 Å². The molecule has 166 valence electrons. The molecule has 7 nitrogen and oxygen atoms in total. The Bertz CT molecular complexity index is 921. The molecule has 1 fully saturated rings. The van der Waals surface area contributed by atoms with E-state index in [1.165, 1.54) is 0 Å². The van der Waals surface area contributed by atoms with Crippen LogP contribution in [0.3, 0.4) is 0 Å². The molecular weight excluding hydrogens is 392 g/mol. The Balaban J connectivity index is 1.80. The van der Waals surface area contributed by atoms with Crippen LogP contribution in [0.25, 0.3) is 0 Å². The Morgan fingerprint density at radius 1 is 1.06 bits per heavy atom. The third-order valence-electron chi connectivity index (χ3n) is 5.40. The topological polar surface area (TPSA) is 82.7 Å². The highest BCUT2D eigenvalue weighted by molar-refractivity contribution is 6.04. The second kappa shape index (κ2) is 10.2. The van der Waals surface area contributed by atoms with E-state index in [1.807, 2.05) is 38.1 Å². The number of anilines is 3. The van der Waals surface area contributed by atoms with Gasteiger partial charge in [-0.2, -0.15) is 0 Å². The molecule has 3 N–H and O–H groups in total. The second-order valence-electron chi connectivity index (χ2n) is 8.31. The highest BCUT2D eigenvalue weighted by atomic mass is 16.5. The van der Waals surface area contributed by atoms with E-state index < -0.39 is 6.03 Å². The fourth-order valence-corrected chi connectivity index (χ4v) is 3.69. The lowest BCUT2D eigenvalue weighted by molar-refractivity contribution is 0.0943. The lowest BCUT2D eigenvalue weighted by Crippen LogP contribution is -2.36. The molecule has 0 unspecified atom stereocenters. The molecule has 1 aliphatic rings. The fourth-order valence-electron chi connectivity index (χ4n) is 3.69. The largest absolute Gasteiger partial charge is 0.495 e. The zero-order valence-electron chi connectivity index (χ0n) is 18.7. The third kappa shape index (κ3) is 5.90. The van der Waals surface area contributed by atoms with Crippen molar-refractivity contribution in [3.05, 3.63) is 48.0 Å². The number of hydrogen-bond donors (Lipinski definition) is 3. The summed E-state index contributed by atoms with van der Waals surface area (Å²) in [5.41, 5.74) is 2.59. The molecule has 0 atom stereocenters. The summed E-state index contributed by atoms with van der Waals surface area (Å²) in [6, 6.07) is 12.3. The van der Waals surface area contributed by atoms with Crippen molar-refractivity contribution in [2.45, 2.75) is 39.7 Å². The quantitative estimate of drug-likeness (QED) is 0.627. The van der Waals surface area contributed by atoms with Gasteiger partial charge < -0.3 is 25.6 Å². The Hall–Kier alpha value is -3.22. The van der Waals surface area contributed by atoms with Crippen LogP contribution in [0, 0.1) is 5.92 Å². The molecule has 1 heterocycles. The molecule has 0 aromatic heterocycles. The highest BCUT2D eigenvalue weighted by Crippen LogP contribution is 2.29. The van der Waals surface area contributed by atoms with Crippen LogP contribution in [-0.2, 0) is 0 Å². The molecule has 1 aliphatic heterocycles. The second-order valence-corrected chi connectivity index (χ2v) is 8.31. The number of methoxy groups -OCH3 is 1. The number of carbonyl (C=O) groups is 2. The molecule has 3 rings (SSSR count). The summed E-state index contributed by atoms with van der Waals surface area (Å²) >= 11 is 0. The predicted octanol–water partition coefficient (Wildman–Crippen LogP) is 4.71. The van der Waals surface area contributed by atoms with E-state index in [0.717, 1.165) is 31.6 Å². The molecule has 0 bridgehead atoms. The number of nitrogens with zero attached hydrogens (tertiary/aromatic N) is 1. The van der Waals surface area contributed by atoms with Crippen LogP contribution >= 0.6 is 0 Å². The number of rotatable bonds is 6. The first kappa shape index (κ1) is 22.5. The predicted molar refractivity (Wildman–Crippen MR) is 125 cm³/mol. The van der Waals surface area contributed by atoms with Crippen molar-refractivity contribution in [1.82, 2.24) is 5.32 Å². The van der Waals surface area contributed by atoms with Gasteiger partial charge in [-0.15, -0.1) is 0 Å². The van der Waals surface area contributed by atoms with E-state index >= 15 is 0 Å². The fraction of sp³-hybridized carbons (Fsp3) is 0.417. The minimum Gasteiger partial charge on any atom is -0.495 e. The summed E-state index contributed by atoms with van der Waals surface area (Å²) < 4.78 is 5.27. The zero-order valence-corrected chi connectivity index (χ0v) is 18.7. The molecular formula is C24H32N4O3. The van der Waals surface area contributed by atoms with Crippen LogP contribution in [0.2, 0.25) is 0 Å². The van der Waals surface area contributed by atoms with Gasteiger partial charge in [-0.25, -0.2) is 4.79 Å². The van der Waals surface area contributed by atoms with E-state index in [-0.39, 0.29) is 11.9 Å². The number of hydrogen-bond acceptors (Lipinski definition) is 4. The van der Waals surface area contributed by atoms with Crippen molar-refractivity contribution in [1.29, 1.82) is 0 Å². The third-order valence-corrected chi connectivity index (χ3v) is 5.40.